The van der Waals surface area contributed by atoms with Gasteiger partial charge >= 0.3 is 23.9 Å². The van der Waals surface area contributed by atoms with E-state index in [0.717, 1.165) is 33.8 Å². The fourth-order valence-corrected chi connectivity index (χ4v) is 4.12. The van der Waals surface area contributed by atoms with Crippen LogP contribution in [0.1, 0.15) is 43.6 Å². The zero-order valence-electron chi connectivity index (χ0n) is 22.7. The summed E-state index contributed by atoms with van der Waals surface area (Å²) in [5.74, 6) is -4.46. The number of hydrogen-bond acceptors (Lipinski definition) is 12. The van der Waals surface area contributed by atoms with Gasteiger partial charge in [0.15, 0.2) is 18.0 Å². The zero-order valence-corrected chi connectivity index (χ0v) is 22.7. The van der Waals surface area contributed by atoms with Gasteiger partial charge in [-0.25, -0.2) is 4.39 Å². The number of Topliss-reactive ketones (excluding diaryl/α,β-unsaturated/α-hetero) is 1. The van der Waals surface area contributed by atoms with Gasteiger partial charge < -0.3 is 33.5 Å². The lowest BCUT2D eigenvalue weighted by Gasteiger charge is -2.43. The third-order valence-corrected chi connectivity index (χ3v) is 5.75. The summed E-state index contributed by atoms with van der Waals surface area (Å²) >= 11 is 0. The van der Waals surface area contributed by atoms with Crippen molar-refractivity contribution in [3.05, 3.63) is 59.4 Å². The number of esters is 4. The van der Waals surface area contributed by atoms with Gasteiger partial charge in [-0.3, -0.25) is 24.0 Å². The number of ether oxygens (including phenoxy) is 6. The number of rotatable bonds is 10. The van der Waals surface area contributed by atoms with Gasteiger partial charge in [0.25, 0.3) is 0 Å². The summed E-state index contributed by atoms with van der Waals surface area (Å²) in [7, 11) is 0. The molecule has 0 aliphatic carbocycles. The standard InChI is InChI=1S/C28H29FO12/c1-14(30)36-13-24-25(37-15(2)31)26(38-16(3)32)27(39-17(4)33)28(41-24)40-20-9-10-21(23(35)12-20)22(34)11-18-5-7-19(29)8-6-18/h5-10,12,24-28,35H,11,13H2,1-4H3/t24-,25+,26-,27-,28+/m0/s1. The third-order valence-electron chi connectivity index (χ3n) is 5.75. The van der Waals surface area contributed by atoms with E-state index in [-0.39, 0.29) is 17.7 Å². The van der Waals surface area contributed by atoms with Crippen LogP contribution in [0.15, 0.2) is 42.5 Å². The average Bonchev–Trinajstić information content (AvgIpc) is 2.87. The van der Waals surface area contributed by atoms with Crippen LogP contribution in [-0.2, 0) is 49.3 Å². The van der Waals surface area contributed by atoms with Crippen molar-refractivity contribution in [3.8, 4) is 11.5 Å². The van der Waals surface area contributed by atoms with Crippen LogP contribution in [0.5, 0.6) is 11.5 Å². The van der Waals surface area contributed by atoms with Gasteiger partial charge in [0.1, 0.15) is 30.0 Å². The van der Waals surface area contributed by atoms with Crippen LogP contribution < -0.4 is 4.74 Å². The summed E-state index contributed by atoms with van der Waals surface area (Å²) in [4.78, 5) is 60.0. The number of carbonyl (C=O) groups excluding carboxylic acids is 5. The van der Waals surface area contributed by atoms with Crippen LogP contribution in [0.2, 0.25) is 0 Å². The van der Waals surface area contributed by atoms with E-state index in [1.54, 1.807) is 0 Å². The van der Waals surface area contributed by atoms with Gasteiger partial charge in [-0.15, -0.1) is 0 Å². The molecule has 1 N–H and O–H groups in total. The van der Waals surface area contributed by atoms with Crippen LogP contribution in [0.3, 0.4) is 0 Å². The molecule has 1 fully saturated rings. The second-order valence-corrected chi connectivity index (χ2v) is 9.09. The number of phenols is 1. The topological polar surface area (TPSA) is 161 Å². The maximum atomic E-state index is 13.2. The Balaban J connectivity index is 1.90. The number of carbonyl (C=O) groups is 5. The van der Waals surface area contributed by atoms with E-state index < -0.39 is 78.5 Å². The Hall–Kier alpha value is -4.52. The maximum Gasteiger partial charge on any atom is 0.303 e. The minimum Gasteiger partial charge on any atom is -0.507 e. The molecule has 1 saturated heterocycles. The van der Waals surface area contributed by atoms with Gasteiger partial charge in [0.2, 0.25) is 12.4 Å². The second-order valence-electron chi connectivity index (χ2n) is 9.09. The zero-order chi connectivity index (χ0) is 30.3. The van der Waals surface area contributed by atoms with Crippen LogP contribution in [-0.4, -0.2) is 72.1 Å². The highest BCUT2D eigenvalue weighted by Gasteiger charge is 2.53. The highest BCUT2D eigenvalue weighted by molar-refractivity contribution is 6.00. The summed E-state index contributed by atoms with van der Waals surface area (Å²) in [5, 5.41) is 10.6. The molecule has 0 unspecified atom stereocenters. The van der Waals surface area contributed by atoms with E-state index in [1.807, 2.05) is 0 Å². The van der Waals surface area contributed by atoms with Crippen molar-refractivity contribution in [2.24, 2.45) is 0 Å². The van der Waals surface area contributed by atoms with Crippen molar-refractivity contribution < 1.29 is 61.9 Å². The SMILES string of the molecule is CC(=O)OC[C@@H]1O[C@@H](Oc2ccc(C(=O)Cc3ccc(F)cc3)c(O)c2)[C@@H](OC(C)=O)[C@@H](OC(C)=O)[C@@H]1OC(C)=O. The number of halogens is 1. The maximum absolute atomic E-state index is 13.2. The van der Waals surface area contributed by atoms with Crippen LogP contribution in [0.4, 0.5) is 4.39 Å². The fraction of sp³-hybridized carbons (Fsp3) is 0.393. The molecule has 1 aliphatic heterocycles. The molecule has 0 spiro atoms. The van der Waals surface area contributed by atoms with Crippen LogP contribution in [0, 0.1) is 5.82 Å². The minimum atomic E-state index is -1.52. The molecule has 12 nitrogen and oxygen atoms in total. The largest absolute Gasteiger partial charge is 0.507 e. The van der Waals surface area contributed by atoms with Crippen molar-refractivity contribution in [1.29, 1.82) is 0 Å². The number of ketones is 1. The van der Waals surface area contributed by atoms with Crippen molar-refractivity contribution in [3.63, 3.8) is 0 Å². The Morgan fingerprint density at radius 2 is 1.39 bits per heavy atom. The molecule has 41 heavy (non-hydrogen) atoms. The lowest BCUT2D eigenvalue weighted by atomic mass is 9.98. The molecule has 0 aromatic heterocycles. The molecule has 5 atom stereocenters. The summed E-state index contributed by atoms with van der Waals surface area (Å²) in [5.41, 5.74) is 0.497. The fourth-order valence-electron chi connectivity index (χ4n) is 4.12. The molecule has 0 radical (unpaired) electrons. The molecule has 13 heteroatoms. The van der Waals surface area contributed by atoms with Crippen molar-refractivity contribution in [2.45, 2.75) is 64.8 Å². The van der Waals surface area contributed by atoms with Gasteiger partial charge in [0, 0.05) is 40.2 Å². The Kier molecular flexibility index (Phi) is 10.4. The van der Waals surface area contributed by atoms with E-state index in [0.29, 0.717) is 5.56 Å². The summed E-state index contributed by atoms with van der Waals surface area (Å²) in [6.45, 7) is 3.96. The van der Waals surface area contributed by atoms with Crippen molar-refractivity contribution in [2.75, 3.05) is 6.61 Å². The summed E-state index contributed by atoms with van der Waals surface area (Å²) < 4.78 is 45.9. The molecule has 1 heterocycles. The van der Waals surface area contributed by atoms with Gasteiger partial charge in [-0.05, 0) is 29.8 Å². The molecule has 2 aromatic rings. The summed E-state index contributed by atoms with van der Waals surface area (Å²) in [6.07, 6.45) is -7.13. The van der Waals surface area contributed by atoms with Crippen LogP contribution in [0.25, 0.3) is 0 Å². The van der Waals surface area contributed by atoms with E-state index >= 15 is 0 Å². The monoisotopic (exact) mass is 576 g/mol. The molecule has 3 rings (SSSR count). The first-order chi connectivity index (χ1) is 19.3. The molecule has 0 amide bonds. The first-order valence-corrected chi connectivity index (χ1v) is 12.4. The van der Waals surface area contributed by atoms with E-state index in [4.69, 9.17) is 28.4 Å². The molecule has 0 bridgehead atoms. The number of hydrogen-bond donors (Lipinski definition) is 1. The van der Waals surface area contributed by atoms with Gasteiger partial charge in [-0.2, -0.15) is 0 Å². The lowest BCUT2D eigenvalue weighted by molar-refractivity contribution is -0.288. The van der Waals surface area contributed by atoms with Crippen molar-refractivity contribution in [1.82, 2.24) is 0 Å². The molecule has 0 saturated carbocycles. The Bertz CT molecular complexity index is 1290. The van der Waals surface area contributed by atoms with Crippen molar-refractivity contribution >= 4 is 29.7 Å². The molecule has 2 aromatic carbocycles. The first-order valence-electron chi connectivity index (χ1n) is 12.4. The molecular weight excluding hydrogens is 547 g/mol. The highest BCUT2D eigenvalue weighted by Crippen LogP contribution is 2.33. The first kappa shape index (κ1) is 31.0. The average molecular weight is 577 g/mol. The lowest BCUT2D eigenvalue weighted by Crippen LogP contribution is -2.63. The Morgan fingerprint density at radius 3 is 1.95 bits per heavy atom. The van der Waals surface area contributed by atoms with E-state index in [2.05, 4.69) is 0 Å². The normalized spacial score (nSPS) is 21.7. The number of benzene rings is 2. The second kappa shape index (κ2) is 13.7. The summed E-state index contributed by atoms with van der Waals surface area (Å²) in [6, 6.07) is 9.08. The number of aromatic hydroxyl groups is 1. The molecular formula is C28H29FO12. The number of phenolic OH excluding ortho intramolecular Hbond substituents is 1. The van der Waals surface area contributed by atoms with Crippen LogP contribution >= 0.6 is 0 Å². The van der Waals surface area contributed by atoms with E-state index in [9.17, 15) is 33.5 Å². The van der Waals surface area contributed by atoms with E-state index in [1.165, 1.54) is 36.4 Å². The molecule has 1 aliphatic rings. The third kappa shape index (κ3) is 8.73. The Labute approximate surface area is 234 Å². The smallest absolute Gasteiger partial charge is 0.303 e. The quantitative estimate of drug-likeness (QED) is 0.250. The highest BCUT2D eigenvalue weighted by atomic mass is 19.1. The van der Waals surface area contributed by atoms with Gasteiger partial charge in [-0.1, -0.05) is 12.1 Å². The molecule has 220 valence electrons. The minimum absolute atomic E-state index is 0.0387. The van der Waals surface area contributed by atoms with Gasteiger partial charge in [0.05, 0.1) is 5.56 Å². The Morgan fingerprint density at radius 1 is 0.805 bits per heavy atom. The predicted molar refractivity (Wildman–Crippen MR) is 135 cm³/mol. The predicted octanol–water partition coefficient (Wildman–Crippen LogP) is 2.42.